The van der Waals surface area contributed by atoms with E-state index in [1.165, 1.54) is 32.1 Å². The number of hydrogen-bond acceptors (Lipinski definition) is 1. The summed E-state index contributed by atoms with van der Waals surface area (Å²) in [5.41, 5.74) is 0. The van der Waals surface area contributed by atoms with Crippen LogP contribution >= 0.6 is 15.9 Å². The Balaban J connectivity index is 2.59. The van der Waals surface area contributed by atoms with Crippen LogP contribution in [-0.2, 0) is 4.79 Å². The van der Waals surface area contributed by atoms with Gasteiger partial charge in [-0.25, -0.2) is 0 Å². The summed E-state index contributed by atoms with van der Waals surface area (Å²) < 4.78 is 0. The molecule has 1 amide bonds. The second kappa shape index (κ2) is 8.95. The zero-order chi connectivity index (χ0) is 13.4. The van der Waals surface area contributed by atoms with E-state index < -0.39 is 0 Å². The van der Waals surface area contributed by atoms with Crippen molar-refractivity contribution >= 4 is 21.8 Å². The molecule has 1 saturated heterocycles. The SMILES string of the molecule is CCCCC(CC)C(=O)N1CCCCC1CCBr. The molecular weight excluding hydrogens is 290 g/mol. The lowest BCUT2D eigenvalue weighted by molar-refractivity contribution is -0.139. The Bertz CT molecular complexity index is 243. The molecule has 0 saturated carbocycles. The van der Waals surface area contributed by atoms with Crippen molar-refractivity contribution in [3.8, 4) is 0 Å². The molecule has 0 aromatic rings. The molecule has 1 aliphatic rings. The first-order chi connectivity index (χ1) is 8.74. The van der Waals surface area contributed by atoms with Crippen LogP contribution in [0.1, 0.15) is 65.2 Å². The van der Waals surface area contributed by atoms with E-state index in [1.807, 2.05) is 0 Å². The van der Waals surface area contributed by atoms with Crippen molar-refractivity contribution in [1.29, 1.82) is 0 Å². The summed E-state index contributed by atoms with van der Waals surface area (Å²) >= 11 is 3.52. The van der Waals surface area contributed by atoms with Gasteiger partial charge in [-0.05, 0) is 38.5 Å². The fraction of sp³-hybridized carbons (Fsp3) is 0.933. The van der Waals surface area contributed by atoms with Crippen molar-refractivity contribution in [3.05, 3.63) is 0 Å². The van der Waals surface area contributed by atoms with E-state index in [0.29, 0.717) is 11.9 Å². The zero-order valence-corrected chi connectivity index (χ0v) is 13.5. The molecule has 0 radical (unpaired) electrons. The second-order valence-corrected chi connectivity index (χ2v) is 6.20. The second-order valence-electron chi connectivity index (χ2n) is 5.41. The van der Waals surface area contributed by atoms with Crippen LogP contribution in [0.25, 0.3) is 0 Å². The number of alkyl halides is 1. The minimum Gasteiger partial charge on any atom is -0.339 e. The fourth-order valence-corrected chi connectivity index (χ4v) is 3.43. The standard InChI is InChI=1S/C15H28BrNO/c1-3-5-8-13(4-2)15(18)17-12-7-6-9-14(17)10-11-16/h13-14H,3-12H2,1-2H3. The molecule has 1 fully saturated rings. The number of amides is 1. The first kappa shape index (κ1) is 16.0. The summed E-state index contributed by atoms with van der Waals surface area (Å²) in [5.74, 6) is 0.692. The molecule has 2 nitrogen and oxygen atoms in total. The van der Waals surface area contributed by atoms with Gasteiger partial charge in [-0.15, -0.1) is 0 Å². The van der Waals surface area contributed by atoms with E-state index >= 15 is 0 Å². The Labute approximate surface area is 121 Å². The van der Waals surface area contributed by atoms with Crippen molar-refractivity contribution in [2.75, 3.05) is 11.9 Å². The van der Waals surface area contributed by atoms with Crippen LogP contribution in [0.4, 0.5) is 0 Å². The summed E-state index contributed by atoms with van der Waals surface area (Å²) in [4.78, 5) is 14.8. The molecule has 0 aliphatic carbocycles. The number of rotatable bonds is 7. The Kier molecular flexibility index (Phi) is 7.96. The summed E-state index contributed by atoms with van der Waals surface area (Å²) in [6.07, 6.45) is 9.22. The van der Waals surface area contributed by atoms with E-state index in [-0.39, 0.29) is 5.92 Å². The van der Waals surface area contributed by atoms with Crippen LogP contribution in [0.3, 0.4) is 0 Å². The summed E-state index contributed by atoms with van der Waals surface area (Å²) in [6, 6.07) is 0.487. The number of halogens is 1. The van der Waals surface area contributed by atoms with Crippen LogP contribution in [0, 0.1) is 5.92 Å². The smallest absolute Gasteiger partial charge is 0.225 e. The number of carbonyl (C=O) groups is 1. The summed E-state index contributed by atoms with van der Waals surface area (Å²) in [5, 5.41) is 1.01. The van der Waals surface area contributed by atoms with Crippen LogP contribution in [-0.4, -0.2) is 28.7 Å². The average Bonchev–Trinajstić information content (AvgIpc) is 2.40. The van der Waals surface area contributed by atoms with Crippen LogP contribution in [0.5, 0.6) is 0 Å². The number of unbranched alkanes of at least 4 members (excludes halogenated alkanes) is 1. The minimum atomic E-state index is 0.265. The number of carbonyl (C=O) groups excluding carboxylic acids is 1. The number of hydrogen-bond donors (Lipinski definition) is 0. The van der Waals surface area contributed by atoms with Crippen molar-refractivity contribution in [3.63, 3.8) is 0 Å². The highest BCUT2D eigenvalue weighted by Gasteiger charge is 2.29. The Hall–Kier alpha value is -0.0500. The third-order valence-electron chi connectivity index (χ3n) is 4.10. The van der Waals surface area contributed by atoms with Gasteiger partial charge in [0.2, 0.25) is 5.91 Å². The number of piperidine rings is 1. The van der Waals surface area contributed by atoms with Crippen molar-refractivity contribution in [1.82, 2.24) is 4.90 Å². The lowest BCUT2D eigenvalue weighted by Crippen LogP contribution is -2.46. The third kappa shape index (κ3) is 4.56. The zero-order valence-electron chi connectivity index (χ0n) is 12.0. The predicted molar refractivity (Wildman–Crippen MR) is 81.1 cm³/mol. The van der Waals surface area contributed by atoms with Gasteiger partial charge >= 0.3 is 0 Å². The minimum absolute atomic E-state index is 0.265. The molecule has 1 heterocycles. The maximum absolute atomic E-state index is 12.6. The quantitative estimate of drug-likeness (QED) is 0.638. The molecule has 0 bridgehead atoms. The van der Waals surface area contributed by atoms with Crippen LogP contribution in [0.15, 0.2) is 0 Å². The highest BCUT2D eigenvalue weighted by Crippen LogP contribution is 2.25. The fourth-order valence-electron chi connectivity index (χ4n) is 2.90. The Morgan fingerprint density at radius 3 is 2.78 bits per heavy atom. The molecule has 3 heteroatoms. The first-order valence-electron chi connectivity index (χ1n) is 7.61. The maximum Gasteiger partial charge on any atom is 0.225 e. The average molecular weight is 318 g/mol. The van der Waals surface area contributed by atoms with Crippen molar-refractivity contribution < 1.29 is 4.79 Å². The molecule has 2 unspecified atom stereocenters. The van der Waals surface area contributed by atoms with Gasteiger partial charge in [-0.3, -0.25) is 4.79 Å². The van der Waals surface area contributed by atoms with Crippen molar-refractivity contribution in [2.45, 2.75) is 71.3 Å². The van der Waals surface area contributed by atoms with E-state index in [0.717, 1.165) is 31.1 Å². The Morgan fingerprint density at radius 1 is 1.39 bits per heavy atom. The Morgan fingerprint density at radius 2 is 2.17 bits per heavy atom. The highest BCUT2D eigenvalue weighted by molar-refractivity contribution is 9.09. The topological polar surface area (TPSA) is 20.3 Å². The largest absolute Gasteiger partial charge is 0.339 e. The van der Waals surface area contributed by atoms with E-state index in [9.17, 15) is 4.79 Å². The van der Waals surface area contributed by atoms with Gasteiger partial charge in [0.25, 0.3) is 0 Å². The third-order valence-corrected chi connectivity index (χ3v) is 4.56. The molecule has 0 aromatic heterocycles. The molecule has 18 heavy (non-hydrogen) atoms. The van der Waals surface area contributed by atoms with Gasteiger partial charge < -0.3 is 4.90 Å². The van der Waals surface area contributed by atoms with E-state index in [1.54, 1.807) is 0 Å². The lowest BCUT2D eigenvalue weighted by atomic mass is 9.93. The first-order valence-corrected chi connectivity index (χ1v) is 8.73. The highest BCUT2D eigenvalue weighted by atomic mass is 79.9. The van der Waals surface area contributed by atoms with Gasteiger partial charge in [0.05, 0.1) is 0 Å². The monoisotopic (exact) mass is 317 g/mol. The van der Waals surface area contributed by atoms with Gasteiger partial charge in [-0.1, -0.05) is 42.6 Å². The van der Waals surface area contributed by atoms with Crippen LogP contribution in [0.2, 0.25) is 0 Å². The number of nitrogens with zero attached hydrogens (tertiary/aromatic N) is 1. The van der Waals surface area contributed by atoms with Gasteiger partial charge in [0, 0.05) is 23.8 Å². The maximum atomic E-state index is 12.6. The normalized spacial score (nSPS) is 21.9. The summed E-state index contributed by atoms with van der Waals surface area (Å²) in [6.45, 7) is 5.34. The summed E-state index contributed by atoms with van der Waals surface area (Å²) in [7, 11) is 0. The van der Waals surface area contributed by atoms with E-state index in [4.69, 9.17) is 0 Å². The molecule has 106 valence electrons. The molecule has 0 N–H and O–H groups in total. The predicted octanol–water partition coefficient (Wildman–Crippen LogP) is 4.37. The van der Waals surface area contributed by atoms with Gasteiger partial charge in [0.15, 0.2) is 0 Å². The van der Waals surface area contributed by atoms with Gasteiger partial charge in [-0.2, -0.15) is 0 Å². The molecule has 1 aliphatic heterocycles. The molecule has 1 rings (SSSR count). The van der Waals surface area contributed by atoms with Gasteiger partial charge in [0.1, 0.15) is 0 Å². The van der Waals surface area contributed by atoms with Crippen LogP contribution < -0.4 is 0 Å². The molecule has 0 aromatic carbocycles. The molecule has 2 atom stereocenters. The van der Waals surface area contributed by atoms with E-state index in [2.05, 4.69) is 34.7 Å². The lowest BCUT2D eigenvalue weighted by Gasteiger charge is -2.37. The van der Waals surface area contributed by atoms with Crippen molar-refractivity contribution in [2.24, 2.45) is 5.92 Å². The number of likely N-dealkylation sites (tertiary alicyclic amines) is 1. The molecular formula is C15H28BrNO. The molecule has 0 spiro atoms.